The molecule has 1 aromatic carbocycles. The second kappa shape index (κ2) is 6.47. The van der Waals surface area contributed by atoms with Gasteiger partial charge in [0.05, 0.1) is 29.3 Å². The van der Waals surface area contributed by atoms with Crippen molar-refractivity contribution in [2.75, 3.05) is 23.3 Å². The maximum atomic E-state index is 14.2. The molecule has 132 valence electrons. The number of halogens is 1. The van der Waals surface area contributed by atoms with Crippen LogP contribution < -0.4 is 15.5 Å². The Balaban J connectivity index is 1.58. The Hall–Kier alpha value is -3.42. The summed E-state index contributed by atoms with van der Waals surface area (Å²) in [6.45, 7) is 1.00. The Morgan fingerprint density at radius 1 is 1.27 bits per heavy atom. The summed E-state index contributed by atoms with van der Waals surface area (Å²) >= 11 is 0. The number of carbonyl (C=O) groups excluding carboxylic acids is 2. The molecule has 2 aromatic heterocycles. The van der Waals surface area contributed by atoms with Gasteiger partial charge in [0.1, 0.15) is 5.82 Å². The van der Waals surface area contributed by atoms with Gasteiger partial charge in [-0.15, -0.1) is 0 Å². The fourth-order valence-corrected chi connectivity index (χ4v) is 2.91. The number of nitrogens with one attached hydrogen (secondary N) is 2. The number of amides is 3. The predicted molar refractivity (Wildman–Crippen MR) is 94.9 cm³/mol. The molecular formula is C18H16FN5O2. The van der Waals surface area contributed by atoms with Gasteiger partial charge in [-0.2, -0.15) is 0 Å². The second-order valence-electron chi connectivity index (χ2n) is 6.00. The Kier molecular flexibility index (Phi) is 4.00. The summed E-state index contributed by atoms with van der Waals surface area (Å²) in [5.41, 5.74) is 1.87. The average molecular weight is 353 g/mol. The molecule has 0 saturated carbocycles. The Morgan fingerprint density at radius 2 is 2.15 bits per heavy atom. The van der Waals surface area contributed by atoms with Crippen molar-refractivity contribution in [1.82, 2.24) is 14.7 Å². The van der Waals surface area contributed by atoms with Crippen LogP contribution >= 0.6 is 0 Å². The highest BCUT2D eigenvalue weighted by Gasteiger charge is 2.22. The number of rotatable bonds is 3. The molecule has 2 N–H and O–H groups in total. The van der Waals surface area contributed by atoms with Crippen LogP contribution in [0.2, 0.25) is 0 Å². The number of carbonyl (C=O) groups is 2. The highest BCUT2D eigenvalue weighted by atomic mass is 19.1. The Morgan fingerprint density at radius 3 is 3.00 bits per heavy atom. The van der Waals surface area contributed by atoms with Crippen LogP contribution in [0.4, 0.5) is 20.6 Å². The summed E-state index contributed by atoms with van der Waals surface area (Å²) < 4.78 is 15.9. The molecule has 3 heterocycles. The lowest BCUT2D eigenvalue weighted by molar-refractivity contribution is 0.102. The lowest BCUT2D eigenvalue weighted by Crippen LogP contribution is -2.46. The monoisotopic (exact) mass is 353 g/mol. The molecule has 8 heteroatoms. The number of pyridine rings is 1. The molecule has 1 aliphatic heterocycles. The van der Waals surface area contributed by atoms with E-state index in [2.05, 4.69) is 15.6 Å². The first-order valence-electron chi connectivity index (χ1n) is 8.20. The third-order valence-electron chi connectivity index (χ3n) is 4.24. The van der Waals surface area contributed by atoms with Crippen molar-refractivity contribution in [1.29, 1.82) is 0 Å². The molecular weight excluding hydrogens is 337 g/mol. The first-order valence-corrected chi connectivity index (χ1v) is 8.20. The Bertz CT molecular complexity index is 1000. The zero-order valence-electron chi connectivity index (χ0n) is 13.8. The predicted octanol–water partition coefficient (Wildman–Crippen LogP) is 2.65. The molecule has 0 bridgehead atoms. The van der Waals surface area contributed by atoms with Gasteiger partial charge in [0.15, 0.2) is 0 Å². The fraction of sp³-hybridized carbons (Fsp3) is 0.167. The van der Waals surface area contributed by atoms with Crippen LogP contribution in [-0.4, -0.2) is 34.4 Å². The van der Waals surface area contributed by atoms with Gasteiger partial charge in [-0.25, -0.2) is 14.2 Å². The molecule has 1 saturated heterocycles. The van der Waals surface area contributed by atoms with Crippen molar-refractivity contribution in [3.63, 3.8) is 0 Å². The standard InChI is InChI=1S/C18H16FN5O2/c19-15-5-3-13(8-16(15)24-7-1-6-21-18(24)26)22-17(25)12-2-4-14-9-20-11-23(14)10-12/h2-5,8-11H,1,6-7H2,(H,21,26)(H,22,25). The number of nitrogens with zero attached hydrogens (tertiary/aromatic N) is 3. The van der Waals surface area contributed by atoms with Crippen LogP contribution in [0.3, 0.4) is 0 Å². The van der Waals surface area contributed by atoms with Crippen molar-refractivity contribution < 1.29 is 14.0 Å². The molecule has 26 heavy (non-hydrogen) atoms. The third kappa shape index (κ3) is 2.97. The number of urea groups is 1. The summed E-state index contributed by atoms with van der Waals surface area (Å²) in [4.78, 5) is 29.8. The van der Waals surface area contributed by atoms with Gasteiger partial charge in [0.2, 0.25) is 0 Å². The van der Waals surface area contributed by atoms with Gasteiger partial charge in [-0.05, 0) is 36.8 Å². The Labute approximate surface area is 148 Å². The highest BCUT2D eigenvalue weighted by molar-refractivity contribution is 6.04. The normalized spacial score (nSPS) is 14.3. The number of hydrogen-bond acceptors (Lipinski definition) is 3. The van der Waals surface area contributed by atoms with Crippen LogP contribution in [0.15, 0.2) is 49.1 Å². The molecule has 0 unspecified atom stereocenters. The maximum Gasteiger partial charge on any atom is 0.321 e. The molecule has 3 amide bonds. The first kappa shape index (κ1) is 16.1. The van der Waals surface area contributed by atoms with Gasteiger partial charge >= 0.3 is 6.03 Å². The van der Waals surface area contributed by atoms with E-state index in [1.165, 1.54) is 23.1 Å². The smallest absolute Gasteiger partial charge is 0.321 e. The van der Waals surface area contributed by atoms with Crippen LogP contribution in [0.1, 0.15) is 16.8 Å². The average Bonchev–Trinajstić information content (AvgIpc) is 3.11. The lowest BCUT2D eigenvalue weighted by atomic mass is 10.2. The molecule has 7 nitrogen and oxygen atoms in total. The minimum atomic E-state index is -0.514. The molecule has 0 atom stereocenters. The molecule has 1 fully saturated rings. The molecule has 0 spiro atoms. The SMILES string of the molecule is O=C(Nc1ccc(F)c(N2CCCNC2=O)c1)c1ccc2cncn2c1. The minimum absolute atomic E-state index is 0.144. The van der Waals surface area contributed by atoms with Crippen molar-refractivity contribution >= 4 is 28.8 Å². The lowest BCUT2D eigenvalue weighted by Gasteiger charge is -2.28. The van der Waals surface area contributed by atoms with Gasteiger partial charge in [0, 0.05) is 25.0 Å². The number of anilines is 2. The van der Waals surface area contributed by atoms with Crippen molar-refractivity contribution in [3.05, 3.63) is 60.4 Å². The van der Waals surface area contributed by atoms with Crippen LogP contribution in [0, 0.1) is 5.82 Å². The van der Waals surface area contributed by atoms with Gasteiger partial charge in [0.25, 0.3) is 5.91 Å². The van der Waals surface area contributed by atoms with E-state index in [-0.39, 0.29) is 17.6 Å². The minimum Gasteiger partial charge on any atom is -0.338 e. The van der Waals surface area contributed by atoms with E-state index < -0.39 is 5.82 Å². The zero-order valence-corrected chi connectivity index (χ0v) is 13.8. The van der Waals surface area contributed by atoms with Crippen LogP contribution in [-0.2, 0) is 0 Å². The van der Waals surface area contributed by atoms with Crippen molar-refractivity contribution in [2.24, 2.45) is 0 Å². The fourth-order valence-electron chi connectivity index (χ4n) is 2.91. The van der Waals surface area contributed by atoms with Crippen LogP contribution in [0.25, 0.3) is 5.52 Å². The summed E-state index contributed by atoms with van der Waals surface area (Å²) in [5, 5.41) is 5.42. The molecule has 3 aromatic rings. The van der Waals surface area contributed by atoms with E-state index in [0.29, 0.717) is 24.3 Å². The summed E-state index contributed by atoms with van der Waals surface area (Å²) in [5.74, 6) is -0.846. The molecule has 0 aliphatic carbocycles. The third-order valence-corrected chi connectivity index (χ3v) is 4.24. The quantitative estimate of drug-likeness (QED) is 0.760. The number of fused-ring (bicyclic) bond motifs is 1. The largest absolute Gasteiger partial charge is 0.338 e. The van der Waals surface area contributed by atoms with E-state index in [0.717, 1.165) is 11.9 Å². The first-order chi connectivity index (χ1) is 12.6. The van der Waals surface area contributed by atoms with E-state index in [9.17, 15) is 14.0 Å². The number of imidazole rings is 1. The molecule has 4 rings (SSSR count). The summed E-state index contributed by atoms with van der Waals surface area (Å²) in [6, 6.07) is 7.31. The summed E-state index contributed by atoms with van der Waals surface area (Å²) in [6.07, 6.45) is 5.70. The van der Waals surface area contributed by atoms with Gasteiger partial charge in [-0.1, -0.05) is 0 Å². The highest BCUT2D eigenvalue weighted by Crippen LogP contribution is 2.25. The van der Waals surface area contributed by atoms with Crippen LogP contribution in [0.5, 0.6) is 0 Å². The number of aromatic nitrogens is 2. The van der Waals surface area contributed by atoms with E-state index in [1.54, 1.807) is 35.3 Å². The van der Waals surface area contributed by atoms with Gasteiger partial charge < -0.3 is 15.0 Å². The summed E-state index contributed by atoms with van der Waals surface area (Å²) in [7, 11) is 0. The topological polar surface area (TPSA) is 78.7 Å². The van der Waals surface area contributed by atoms with E-state index in [1.807, 2.05) is 0 Å². The van der Waals surface area contributed by atoms with E-state index in [4.69, 9.17) is 0 Å². The van der Waals surface area contributed by atoms with Crippen molar-refractivity contribution in [3.8, 4) is 0 Å². The van der Waals surface area contributed by atoms with Gasteiger partial charge in [-0.3, -0.25) is 9.69 Å². The van der Waals surface area contributed by atoms with E-state index >= 15 is 0 Å². The number of hydrogen-bond donors (Lipinski definition) is 2. The number of benzene rings is 1. The zero-order chi connectivity index (χ0) is 18.1. The van der Waals surface area contributed by atoms with Crippen molar-refractivity contribution in [2.45, 2.75) is 6.42 Å². The molecule has 0 radical (unpaired) electrons. The second-order valence-corrected chi connectivity index (χ2v) is 6.00. The molecule has 1 aliphatic rings. The maximum absolute atomic E-state index is 14.2.